The van der Waals surface area contributed by atoms with E-state index in [0.717, 1.165) is 11.1 Å². The second kappa shape index (κ2) is 10.7. The Kier molecular flexibility index (Phi) is 7.78. The van der Waals surface area contributed by atoms with Crippen LogP contribution in [-0.4, -0.2) is 52.3 Å². The molecule has 3 rings (SSSR count). The van der Waals surface area contributed by atoms with Gasteiger partial charge in [-0.3, -0.25) is 19.8 Å². The molecule has 1 aliphatic rings. The molecule has 1 aliphatic heterocycles. The van der Waals surface area contributed by atoms with E-state index >= 15 is 0 Å². The summed E-state index contributed by atoms with van der Waals surface area (Å²) in [5.41, 5.74) is 14.0. The van der Waals surface area contributed by atoms with Crippen molar-refractivity contribution < 1.29 is 19.5 Å². The van der Waals surface area contributed by atoms with Gasteiger partial charge in [-0.05, 0) is 30.4 Å². The number of nitrogens with zero attached hydrogens (tertiary/aromatic N) is 1. The standard InChI is InChI=1S/C24H29N5O4/c25-19(11-8-15-4-2-1-3-5-15)23(31)29-14-18(24(32)33)12-20(29)22(30)28-13-16-6-9-17(10-7-16)21(26)27/h1-7,9-10,18-20H,8,11-14,25H2,(H3,26,27)(H,28,30)(H,32,33)/t18-,19?,20+/m1/s1. The molecule has 3 atom stereocenters. The highest BCUT2D eigenvalue weighted by Gasteiger charge is 2.43. The van der Waals surface area contributed by atoms with Crippen molar-refractivity contribution in [3.05, 3.63) is 71.3 Å². The number of aryl methyl sites for hydroxylation is 1. The third-order valence-electron chi connectivity index (χ3n) is 5.87. The molecule has 174 valence electrons. The molecule has 9 nitrogen and oxygen atoms in total. The molecule has 1 saturated heterocycles. The molecule has 1 fully saturated rings. The van der Waals surface area contributed by atoms with E-state index in [1.165, 1.54) is 4.90 Å². The van der Waals surface area contributed by atoms with E-state index < -0.39 is 35.8 Å². The molecule has 7 N–H and O–H groups in total. The zero-order chi connectivity index (χ0) is 24.0. The number of carboxylic acids is 1. The van der Waals surface area contributed by atoms with Crippen LogP contribution < -0.4 is 16.8 Å². The average Bonchev–Trinajstić information content (AvgIpc) is 3.27. The van der Waals surface area contributed by atoms with E-state index in [1.54, 1.807) is 24.3 Å². The quantitative estimate of drug-likeness (QED) is 0.280. The van der Waals surface area contributed by atoms with E-state index in [0.29, 0.717) is 18.4 Å². The number of nitrogens with two attached hydrogens (primary N) is 2. The van der Waals surface area contributed by atoms with Crippen molar-refractivity contribution in [1.82, 2.24) is 10.2 Å². The molecule has 0 spiro atoms. The van der Waals surface area contributed by atoms with Crippen LogP contribution in [0, 0.1) is 11.3 Å². The Hall–Kier alpha value is -3.72. The van der Waals surface area contributed by atoms with Gasteiger partial charge in [-0.1, -0.05) is 54.6 Å². The van der Waals surface area contributed by atoms with Crippen LogP contribution in [0.1, 0.15) is 29.5 Å². The molecule has 33 heavy (non-hydrogen) atoms. The van der Waals surface area contributed by atoms with Crippen molar-refractivity contribution in [2.24, 2.45) is 17.4 Å². The van der Waals surface area contributed by atoms with Crippen LogP contribution in [0.2, 0.25) is 0 Å². The molecule has 2 aromatic rings. The highest BCUT2D eigenvalue weighted by atomic mass is 16.4. The predicted molar refractivity (Wildman–Crippen MR) is 123 cm³/mol. The highest BCUT2D eigenvalue weighted by Crippen LogP contribution is 2.25. The van der Waals surface area contributed by atoms with Crippen molar-refractivity contribution in [3.8, 4) is 0 Å². The van der Waals surface area contributed by atoms with Crippen LogP contribution in [0.25, 0.3) is 0 Å². The van der Waals surface area contributed by atoms with E-state index in [-0.39, 0.29) is 25.3 Å². The van der Waals surface area contributed by atoms with Gasteiger partial charge in [-0.15, -0.1) is 0 Å². The molecule has 0 aromatic heterocycles. The maximum absolute atomic E-state index is 13.0. The minimum atomic E-state index is -1.04. The first-order chi connectivity index (χ1) is 15.8. The van der Waals surface area contributed by atoms with Gasteiger partial charge in [0, 0.05) is 18.7 Å². The minimum Gasteiger partial charge on any atom is -0.481 e. The Morgan fingerprint density at radius 2 is 1.76 bits per heavy atom. The van der Waals surface area contributed by atoms with E-state index in [2.05, 4.69) is 5.32 Å². The maximum atomic E-state index is 13.0. The van der Waals surface area contributed by atoms with Crippen molar-refractivity contribution in [2.45, 2.75) is 37.9 Å². The third-order valence-corrected chi connectivity index (χ3v) is 5.87. The summed E-state index contributed by atoms with van der Waals surface area (Å²) in [7, 11) is 0. The lowest BCUT2D eigenvalue weighted by Crippen LogP contribution is -2.51. The summed E-state index contributed by atoms with van der Waals surface area (Å²) in [5, 5.41) is 19.7. The Labute approximate surface area is 192 Å². The number of carbonyl (C=O) groups excluding carboxylic acids is 2. The summed E-state index contributed by atoms with van der Waals surface area (Å²) in [6.07, 6.45) is 1.05. The lowest BCUT2D eigenvalue weighted by atomic mass is 10.0. The van der Waals surface area contributed by atoms with Crippen molar-refractivity contribution in [1.29, 1.82) is 5.41 Å². The molecule has 0 saturated carbocycles. The lowest BCUT2D eigenvalue weighted by molar-refractivity contribution is -0.142. The second-order valence-corrected chi connectivity index (χ2v) is 8.24. The summed E-state index contributed by atoms with van der Waals surface area (Å²) in [6, 6.07) is 14.8. The monoisotopic (exact) mass is 451 g/mol. The van der Waals surface area contributed by atoms with E-state index in [1.807, 2.05) is 30.3 Å². The molecule has 1 heterocycles. The number of carbonyl (C=O) groups is 3. The Morgan fingerprint density at radius 1 is 1.09 bits per heavy atom. The van der Waals surface area contributed by atoms with Gasteiger partial charge >= 0.3 is 5.97 Å². The molecular weight excluding hydrogens is 422 g/mol. The van der Waals surface area contributed by atoms with Crippen LogP contribution >= 0.6 is 0 Å². The molecule has 2 amide bonds. The summed E-state index contributed by atoms with van der Waals surface area (Å²) in [5.74, 6) is -2.74. The van der Waals surface area contributed by atoms with E-state index in [4.69, 9.17) is 16.9 Å². The third kappa shape index (κ3) is 6.17. The first-order valence-corrected chi connectivity index (χ1v) is 10.8. The summed E-state index contributed by atoms with van der Waals surface area (Å²) < 4.78 is 0. The van der Waals surface area contributed by atoms with Crippen LogP contribution in [-0.2, 0) is 27.3 Å². The Balaban J connectivity index is 1.63. The first kappa shape index (κ1) is 23.9. The summed E-state index contributed by atoms with van der Waals surface area (Å²) in [4.78, 5) is 38.8. The van der Waals surface area contributed by atoms with Gasteiger partial charge in [0.1, 0.15) is 11.9 Å². The molecule has 0 aliphatic carbocycles. The number of hydrogen-bond acceptors (Lipinski definition) is 5. The van der Waals surface area contributed by atoms with E-state index in [9.17, 15) is 19.5 Å². The molecule has 9 heteroatoms. The van der Waals surface area contributed by atoms with Crippen LogP contribution in [0.15, 0.2) is 54.6 Å². The fourth-order valence-corrected chi connectivity index (χ4v) is 3.92. The minimum absolute atomic E-state index is 0.0431. The predicted octanol–water partition coefficient (Wildman–Crippen LogP) is 0.849. The van der Waals surface area contributed by atoms with Crippen LogP contribution in [0.3, 0.4) is 0 Å². The van der Waals surface area contributed by atoms with Gasteiger partial charge in [0.15, 0.2) is 0 Å². The number of benzene rings is 2. The normalized spacial score (nSPS) is 18.5. The van der Waals surface area contributed by atoms with Gasteiger partial charge < -0.3 is 26.8 Å². The van der Waals surface area contributed by atoms with Crippen molar-refractivity contribution in [3.63, 3.8) is 0 Å². The van der Waals surface area contributed by atoms with Gasteiger partial charge in [-0.25, -0.2) is 0 Å². The topological polar surface area (TPSA) is 163 Å². The molecule has 0 radical (unpaired) electrons. The number of rotatable bonds is 9. The zero-order valence-electron chi connectivity index (χ0n) is 18.2. The summed E-state index contributed by atoms with van der Waals surface area (Å²) >= 11 is 0. The molecule has 1 unspecified atom stereocenters. The fourth-order valence-electron chi connectivity index (χ4n) is 3.92. The number of hydrogen-bond donors (Lipinski definition) is 5. The number of likely N-dealkylation sites (tertiary alicyclic amines) is 1. The maximum Gasteiger partial charge on any atom is 0.308 e. The SMILES string of the molecule is N=C(N)c1ccc(CNC(=O)[C@@H]2C[C@@H](C(=O)O)CN2C(=O)C(N)CCc2ccccc2)cc1. The van der Waals surface area contributed by atoms with Gasteiger partial charge in [-0.2, -0.15) is 0 Å². The molecule has 2 aromatic carbocycles. The zero-order valence-corrected chi connectivity index (χ0v) is 18.2. The highest BCUT2D eigenvalue weighted by molar-refractivity contribution is 5.95. The number of nitrogens with one attached hydrogen (secondary N) is 2. The van der Waals surface area contributed by atoms with Gasteiger partial charge in [0.05, 0.1) is 12.0 Å². The second-order valence-electron chi connectivity index (χ2n) is 8.24. The number of amides is 2. The number of carboxylic acid groups (broad SMARTS) is 1. The lowest BCUT2D eigenvalue weighted by Gasteiger charge is -2.26. The molecule has 0 bridgehead atoms. The smallest absolute Gasteiger partial charge is 0.308 e. The first-order valence-electron chi connectivity index (χ1n) is 10.8. The fraction of sp³-hybridized carbons (Fsp3) is 0.333. The van der Waals surface area contributed by atoms with Crippen molar-refractivity contribution >= 4 is 23.6 Å². The van der Waals surface area contributed by atoms with Crippen molar-refractivity contribution in [2.75, 3.05) is 6.54 Å². The van der Waals surface area contributed by atoms with Gasteiger partial charge in [0.2, 0.25) is 11.8 Å². The Morgan fingerprint density at radius 3 is 2.36 bits per heavy atom. The number of amidine groups is 1. The van der Waals surface area contributed by atoms with Gasteiger partial charge in [0.25, 0.3) is 0 Å². The largest absolute Gasteiger partial charge is 0.481 e. The Bertz CT molecular complexity index is 1010. The number of nitrogen functional groups attached to an aromatic ring is 1. The van der Waals surface area contributed by atoms with Crippen LogP contribution in [0.4, 0.5) is 0 Å². The average molecular weight is 452 g/mol. The molecular formula is C24H29N5O4. The summed E-state index contributed by atoms with van der Waals surface area (Å²) in [6.45, 7) is 0.159. The number of aliphatic carboxylic acids is 1. The van der Waals surface area contributed by atoms with Crippen LogP contribution in [0.5, 0.6) is 0 Å².